The van der Waals surface area contributed by atoms with Gasteiger partial charge in [-0.05, 0) is 25.8 Å². The maximum atomic E-state index is 11.0. The normalized spacial score (nSPS) is 18.4. The number of hydrogen-bond acceptors (Lipinski definition) is 3. The Morgan fingerprint density at radius 2 is 1.84 bits per heavy atom. The summed E-state index contributed by atoms with van der Waals surface area (Å²) in [5.74, 6) is -1.96. The minimum absolute atomic E-state index is 0.157. The van der Waals surface area contributed by atoms with Crippen LogP contribution in [0.3, 0.4) is 0 Å². The molecule has 1 saturated carbocycles. The third kappa shape index (κ3) is 6.05. The summed E-state index contributed by atoms with van der Waals surface area (Å²) in [5.41, 5.74) is 0. The van der Waals surface area contributed by atoms with Crippen molar-refractivity contribution in [1.29, 1.82) is 0 Å². The summed E-state index contributed by atoms with van der Waals surface area (Å²) in [4.78, 5) is 23.7. The highest BCUT2D eigenvalue weighted by Gasteiger charge is 2.24. The minimum Gasteiger partial charge on any atom is -0.481 e. The van der Waals surface area contributed by atoms with E-state index in [-0.39, 0.29) is 6.42 Å². The number of hydrogen-bond donors (Lipinski definition) is 2. The van der Waals surface area contributed by atoms with Gasteiger partial charge in [-0.1, -0.05) is 26.2 Å². The number of aliphatic carboxylic acids is 2. The Morgan fingerprint density at radius 1 is 1.21 bits per heavy atom. The minimum atomic E-state index is -0.783. The molecule has 0 aromatic rings. The van der Waals surface area contributed by atoms with Crippen molar-refractivity contribution in [3.05, 3.63) is 0 Å². The lowest BCUT2D eigenvalue weighted by molar-refractivity contribution is -0.142. The summed E-state index contributed by atoms with van der Waals surface area (Å²) in [6, 6.07) is 0.435. The highest BCUT2D eigenvalue weighted by molar-refractivity contribution is 5.69. The zero-order chi connectivity index (χ0) is 14.3. The summed E-state index contributed by atoms with van der Waals surface area (Å²) in [5, 5.41) is 17.7. The predicted octanol–water partition coefficient (Wildman–Crippen LogP) is 2.21. The molecule has 0 aromatic heterocycles. The van der Waals surface area contributed by atoms with E-state index in [9.17, 15) is 9.59 Å². The van der Waals surface area contributed by atoms with E-state index in [1.807, 2.05) is 0 Å². The molecule has 1 rings (SSSR count). The number of carbonyl (C=O) groups is 2. The van der Waals surface area contributed by atoms with E-state index in [1.54, 1.807) is 6.92 Å². The number of carboxylic acid groups (broad SMARTS) is 2. The molecule has 0 saturated heterocycles. The Bertz CT molecular complexity index is 300. The fourth-order valence-electron chi connectivity index (χ4n) is 2.73. The molecule has 0 bridgehead atoms. The highest BCUT2D eigenvalue weighted by Crippen LogP contribution is 2.23. The van der Waals surface area contributed by atoms with E-state index >= 15 is 0 Å². The molecule has 2 N–H and O–H groups in total. The zero-order valence-electron chi connectivity index (χ0n) is 11.7. The smallest absolute Gasteiger partial charge is 0.307 e. The molecule has 1 unspecified atom stereocenters. The van der Waals surface area contributed by atoms with Crippen LogP contribution in [0.25, 0.3) is 0 Å². The zero-order valence-corrected chi connectivity index (χ0v) is 11.7. The van der Waals surface area contributed by atoms with Crippen LogP contribution in [-0.4, -0.2) is 46.2 Å². The molecule has 110 valence electrons. The monoisotopic (exact) mass is 271 g/mol. The van der Waals surface area contributed by atoms with Gasteiger partial charge in [-0.2, -0.15) is 0 Å². The molecule has 1 atom stereocenters. The maximum Gasteiger partial charge on any atom is 0.307 e. The van der Waals surface area contributed by atoms with Crippen molar-refractivity contribution < 1.29 is 19.8 Å². The molecule has 1 aliphatic rings. The van der Waals surface area contributed by atoms with Gasteiger partial charge in [0.05, 0.1) is 5.92 Å². The average molecular weight is 271 g/mol. The van der Waals surface area contributed by atoms with Crippen molar-refractivity contribution in [1.82, 2.24) is 4.90 Å². The Kier molecular flexibility index (Phi) is 6.84. The van der Waals surface area contributed by atoms with Crippen molar-refractivity contribution in [2.24, 2.45) is 5.92 Å². The van der Waals surface area contributed by atoms with Crippen LogP contribution in [0.1, 0.15) is 51.9 Å². The second kappa shape index (κ2) is 8.15. The van der Waals surface area contributed by atoms with Gasteiger partial charge in [-0.15, -0.1) is 0 Å². The fourth-order valence-corrected chi connectivity index (χ4v) is 2.73. The second-order valence-electron chi connectivity index (χ2n) is 5.52. The van der Waals surface area contributed by atoms with Gasteiger partial charge < -0.3 is 10.2 Å². The molecule has 0 spiro atoms. The third-order valence-electron chi connectivity index (χ3n) is 3.86. The molecule has 0 amide bonds. The summed E-state index contributed by atoms with van der Waals surface area (Å²) < 4.78 is 0. The van der Waals surface area contributed by atoms with Gasteiger partial charge in [0, 0.05) is 19.0 Å². The number of nitrogens with zero attached hydrogens (tertiary/aromatic N) is 1. The molecule has 0 aromatic carbocycles. The molecule has 19 heavy (non-hydrogen) atoms. The first-order valence-electron chi connectivity index (χ1n) is 7.19. The van der Waals surface area contributed by atoms with Crippen LogP contribution in [0.2, 0.25) is 0 Å². The molecule has 1 fully saturated rings. The van der Waals surface area contributed by atoms with Crippen molar-refractivity contribution in [2.75, 3.05) is 13.1 Å². The van der Waals surface area contributed by atoms with E-state index in [2.05, 4.69) is 4.90 Å². The largest absolute Gasteiger partial charge is 0.481 e. The van der Waals surface area contributed by atoms with Crippen molar-refractivity contribution in [2.45, 2.75) is 57.9 Å². The fraction of sp³-hybridized carbons (Fsp3) is 0.857. The van der Waals surface area contributed by atoms with E-state index in [1.165, 1.54) is 19.3 Å². The molecule has 0 radical (unpaired) electrons. The lowest BCUT2D eigenvalue weighted by atomic mass is 9.93. The highest BCUT2D eigenvalue weighted by atomic mass is 16.4. The van der Waals surface area contributed by atoms with Crippen molar-refractivity contribution in [3.63, 3.8) is 0 Å². The maximum absolute atomic E-state index is 11.0. The average Bonchev–Trinajstić information content (AvgIpc) is 2.38. The van der Waals surface area contributed by atoms with Gasteiger partial charge >= 0.3 is 11.9 Å². The summed E-state index contributed by atoms with van der Waals surface area (Å²) in [6.07, 6.45) is 6.62. The van der Waals surface area contributed by atoms with Gasteiger partial charge in [0.15, 0.2) is 0 Å². The molecular formula is C14H25NO4. The molecule has 5 nitrogen and oxygen atoms in total. The van der Waals surface area contributed by atoms with Crippen LogP contribution in [0, 0.1) is 5.92 Å². The third-order valence-corrected chi connectivity index (χ3v) is 3.86. The Balaban J connectivity index is 2.50. The first-order valence-corrected chi connectivity index (χ1v) is 7.19. The van der Waals surface area contributed by atoms with E-state index in [0.29, 0.717) is 25.6 Å². The van der Waals surface area contributed by atoms with E-state index in [4.69, 9.17) is 10.2 Å². The standard InChI is InChI=1S/C14H25NO4/c1-11(14(18)19)10-15(9-5-8-13(16)17)12-6-3-2-4-7-12/h11-12H,2-10H2,1H3,(H,16,17)(H,18,19). The van der Waals surface area contributed by atoms with Crippen LogP contribution in [0.5, 0.6) is 0 Å². The lowest BCUT2D eigenvalue weighted by Gasteiger charge is -2.35. The topological polar surface area (TPSA) is 77.8 Å². The van der Waals surface area contributed by atoms with Crippen LogP contribution in [0.4, 0.5) is 0 Å². The van der Waals surface area contributed by atoms with E-state index < -0.39 is 17.9 Å². The summed E-state index contributed by atoms with van der Waals surface area (Å²) in [7, 11) is 0. The second-order valence-corrected chi connectivity index (χ2v) is 5.52. The quantitative estimate of drug-likeness (QED) is 0.707. The van der Waals surface area contributed by atoms with Gasteiger partial charge in [-0.3, -0.25) is 14.5 Å². The number of rotatable bonds is 8. The molecule has 0 aliphatic heterocycles. The predicted molar refractivity (Wildman–Crippen MR) is 72.1 cm³/mol. The summed E-state index contributed by atoms with van der Waals surface area (Å²) >= 11 is 0. The van der Waals surface area contributed by atoms with Crippen molar-refractivity contribution >= 4 is 11.9 Å². The molecule has 1 aliphatic carbocycles. The van der Waals surface area contributed by atoms with Gasteiger partial charge in [-0.25, -0.2) is 0 Å². The van der Waals surface area contributed by atoms with Crippen LogP contribution in [-0.2, 0) is 9.59 Å². The van der Waals surface area contributed by atoms with Crippen LogP contribution < -0.4 is 0 Å². The van der Waals surface area contributed by atoms with E-state index in [0.717, 1.165) is 12.8 Å². The van der Waals surface area contributed by atoms with Gasteiger partial charge in [0.25, 0.3) is 0 Å². The van der Waals surface area contributed by atoms with Crippen molar-refractivity contribution in [3.8, 4) is 0 Å². The Labute approximate surface area is 114 Å². The number of carboxylic acids is 2. The molecular weight excluding hydrogens is 246 g/mol. The van der Waals surface area contributed by atoms with Gasteiger partial charge in [0.1, 0.15) is 0 Å². The van der Waals surface area contributed by atoms with Gasteiger partial charge in [0.2, 0.25) is 0 Å². The van der Waals surface area contributed by atoms with Crippen LogP contribution in [0.15, 0.2) is 0 Å². The SMILES string of the molecule is CC(CN(CCCC(=O)O)C1CCCCC1)C(=O)O. The Morgan fingerprint density at radius 3 is 2.37 bits per heavy atom. The Hall–Kier alpha value is -1.10. The summed E-state index contributed by atoms with van der Waals surface area (Å²) in [6.45, 7) is 2.93. The first kappa shape index (κ1) is 16.0. The molecule has 5 heteroatoms. The molecule has 0 heterocycles. The van der Waals surface area contributed by atoms with Crippen LogP contribution >= 0.6 is 0 Å². The lowest BCUT2D eigenvalue weighted by Crippen LogP contribution is -2.41. The first-order chi connectivity index (χ1) is 9.00.